The Morgan fingerprint density at radius 2 is 2.25 bits per heavy atom. The van der Waals surface area contributed by atoms with Crippen LogP contribution in [0.25, 0.3) is 0 Å². The topological polar surface area (TPSA) is 38.5 Å². The van der Waals surface area contributed by atoms with E-state index in [9.17, 15) is 0 Å². The fourth-order valence-electron chi connectivity index (χ4n) is 2.42. The van der Waals surface area contributed by atoms with Gasteiger partial charge in [-0.1, -0.05) is 13.0 Å². The van der Waals surface area contributed by atoms with Crippen molar-refractivity contribution in [3.8, 4) is 5.75 Å². The van der Waals surface area contributed by atoms with E-state index in [0.717, 1.165) is 18.7 Å². The number of likely N-dealkylation sites (N-methyl/N-ethyl adjacent to an activating group) is 1. The third-order valence-corrected chi connectivity index (χ3v) is 3.62. The lowest BCUT2D eigenvalue weighted by Gasteiger charge is -2.26. The molecule has 0 aromatic heterocycles. The van der Waals surface area contributed by atoms with E-state index < -0.39 is 0 Å². The summed E-state index contributed by atoms with van der Waals surface area (Å²) >= 11 is 0. The van der Waals surface area contributed by atoms with Crippen LogP contribution in [0, 0.1) is 0 Å². The zero-order chi connectivity index (χ0) is 11.7. The Hall–Kier alpha value is -1.06. The molecule has 2 atom stereocenters. The van der Waals surface area contributed by atoms with Gasteiger partial charge in [-0.2, -0.15) is 0 Å². The molecule has 0 amide bonds. The fraction of sp³-hybridized carbons (Fsp3) is 0.538. The van der Waals surface area contributed by atoms with Crippen molar-refractivity contribution in [1.82, 2.24) is 4.90 Å². The average Bonchev–Trinajstić information content (AvgIpc) is 2.65. The van der Waals surface area contributed by atoms with Crippen LogP contribution in [0.1, 0.15) is 24.1 Å². The molecule has 2 unspecified atom stereocenters. The van der Waals surface area contributed by atoms with Crippen LogP contribution in [0.3, 0.4) is 0 Å². The van der Waals surface area contributed by atoms with E-state index in [1.807, 2.05) is 6.07 Å². The molecule has 2 N–H and O–H groups in total. The van der Waals surface area contributed by atoms with Crippen molar-refractivity contribution in [1.29, 1.82) is 0 Å². The van der Waals surface area contributed by atoms with Crippen LogP contribution < -0.4 is 10.5 Å². The molecule has 0 bridgehead atoms. The van der Waals surface area contributed by atoms with Gasteiger partial charge in [-0.05, 0) is 43.3 Å². The molecule has 0 aliphatic heterocycles. The highest BCUT2D eigenvalue weighted by Crippen LogP contribution is 2.34. The van der Waals surface area contributed by atoms with Gasteiger partial charge in [0.05, 0.1) is 7.11 Å². The predicted molar refractivity (Wildman–Crippen MR) is 65.7 cm³/mol. The molecule has 0 radical (unpaired) electrons. The van der Waals surface area contributed by atoms with Gasteiger partial charge in [-0.25, -0.2) is 0 Å². The zero-order valence-corrected chi connectivity index (χ0v) is 10.2. The molecule has 0 saturated carbocycles. The van der Waals surface area contributed by atoms with E-state index >= 15 is 0 Å². The molecule has 0 saturated heterocycles. The van der Waals surface area contributed by atoms with Gasteiger partial charge in [0, 0.05) is 12.1 Å². The molecule has 0 fully saturated rings. The van der Waals surface area contributed by atoms with Crippen molar-refractivity contribution in [2.75, 3.05) is 20.7 Å². The Morgan fingerprint density at radius 1 is 1.50 bits per heavy atom. The SMILES string of the molecule is CCN(C)C1Cc2ccc(OC)cc2C1N. The maximum atomic E-state index is 6.29. The number of nitrogens with zero attached hydrogens (tertiary/aromatic N) is 1. The third kappa shape index (κ3) is 1.81. The van der Waals surface area contributed by atoms with Gasteiger partial charge < -0.3 is 15.4 Å². The number of rotatable bonds is 3. The molecule has 0 heterocycles. The summed E-state index contributed by atoms with van der Waals surface area (Å²) in [6, 6.07) is 6.75. The Bertz CT molecular complexity index is 378. The summed E-state index contributed by atoms with van der Waals surface area (Å²) in [6.07, 6.45) is 1.05. The number of hydrogen-bond donors (Lipinski definition) is 1. The minimum absolute atomic E-state index is 0.107. The molecule has 1 aromatic carbocycles. The van der Waals surface area contributed by atoms with Crippen LogP contribution in [0.5, 0.6) is 5.75 Å². The first-order valence-electron chi connectivity index (χ1n) is 5.80. The summed E-state index contributed by atoms with van der Waals surface area (Å²) in [7, 11) is 3.82. The molecule has 0 spiro atoms. The Balaban J connectivity index is 2.27. The molecular formula is C13H20N2O. The fourth-order valence-corrected chi connectivity index (χ4v) is 2.42. The Morgan fingerprint density at radius 3 is 2.88 bits per heavy atom. The van der Waals surface area contributed by atoms with E-state index in [0.29, 0.717) is 6.04 Å². The summed E-state index contributed by atoms with van der Waals surface area (Å²) in [5.74, 6) is 0.897. The van der Waals surface area contributed by atoms with E-state index in [-0.39, 0.29) is 6.04 Å². The highest BCUT2D eigenvalue weighted by molar-refractivity contribution is 5.42. The van der Waals surface area contributed by atoms with Crippen molar-refractivity contribution in [3.63, 3.8) is 0 Å². The van der Waals surface area contributed by atoms with Gasteiger partial charge in [0.15, 0.2) is 0 Å². The standard InChI is InChI=1S/C13H20N2O/c1-4-15(2)12-7-9-5-6-10(16-3)8-11(9)13(12)14/h5-6,8,12-13H,4,7,14H2,1-3H3. The van der Waals surface area contributed by atoms with Crippen molar-refractivity contribution in [2.45, 2.75) is 25.4 Å². The van der Waals surface area contributed by atoms with E-state index in [2.05, 4.69) is 31.0 Å². The first kappa shape index (κ1) is 11.4. The lowest BCUT2D eigenvalue weighted by Crippen LogP contribution is -2.38. The van der Waals surface area contributed by atoms with Gasteiger partial charge in [0.25, 0.3) is 0 Å². The molecule has 1 aliphatic carbocycles. The highest BCUT2D eigenvalue weighted by Gasteiger charge is 2.31. The van der Waals surface area contributed by atoms with Crippen LogP contribution in [0.2, 0.25) is 0 Å². The normalized spacial score (nSPS) is 23.6. The van der Waals surface area contributed by atoms with Gasteiger partial charge in [-0.3, -0.25) is 0 Å². The smallest absolute Gasteiger partial charge is 0.119 e. The van der Waals surface area contributed by atoms with Crippen molar-refractivity contribution < 1.29 is 4.74 Å². The number of benzene rings is 1. The Labute approximate surface area is 97.2 Å². The largest absolute Gasteiger partial charge is 0.497 e. The monoisotopic (exact) mass is 220 g/mol. The molecular weight excluding hydrogens is 200 g/mol. The highest BCUT2D eigenvalue weighted by atomic mass is 16.5. The van der Waals surface area contributed by atoms with Gasteiger partial charge in [-0.15, -0.1) is 0 Å². The number of nitrogens with two attached hydrogens (primary N) is 1. The molecule has 3 nitrogen and oxygen atoms in total. The van der Waals surface area contributed by atoms with Crippen molar-refractivity contribution in [3.05, 3.63) is 29.3 Å². The minimum atomic E-state index is 0.107. The maximum Gasteiger partial charge on any atom is 0.119 e. The quantitative estimate of drug-likeness (QED) is 0.840. The molecule has 88 valence electrons. The number of methoxy groups -OCH3 is 1. The first-order chi connectivity index (χ1) is 7.67. The van der Waals surface area contributed by atoms with Crippen molar-refractivity contribution in [2.24, 2.45) is 5.73 Å². The molecule has 3 heteroatoms. The van der Waals surface area contributed by atoms with Crippen LogP contribution in [-0.2, 0) is 6.42 Å². The number of hydrogen-bond acceptors (Lipinski definition) is 3. The summed E-state index contributed by atoms with van der Waals surface area (Å²) in [5.41, 5.74) is 8.89. The predicted octanol–water partition coefficient (Wildman–Crippen LogP) is 1.57. The molecule has 1 aliphatic rings. The molecule has 16 heavy (non-hydrogen) atoms. The number of ether oxygens (including phenoxy) is 1. The van der Waals surface area contributed by atoms with E-state index in [1.165, 1.54) is 11.1 Å². The van der Waals surface area contributed by atoms with Crippen LogP contribution >= 0.6 is 0 Å². The van der Waals surface area contributed by atoms with E-state index in [1.54, 1.807) is 7.11 Å². The average molecular weight is 220 g/mol. The lowest BCUT2D eigenvalue weighted by atomic mass is 10.1. The summed E-state index contributed by atoms with van der Waals surface area (Å²) < 4.78 is 5.24. The molecule has 1 aromatic rings. The Kier molecular flexibility index (Phi) is 3.17. The van der Waals surface area contributed by atoms with Gasteiger partial charge in [0.1, 0.15) is 5.75 Å². The maximum absolute atomic E-state index is 6.29. The van der Waals surface area contributed by atoms with Gasteiger partial charge in [0.2, 0.25) is 0 Å². The lowest BCUT2D eigenvalue weighted by molar-refractivity contribution is 0.233. The summed E-state index contributed by atoms with van der Waals surface area (Å²) in [4.78, 5) is 2.32. The minimum Gasteiger partial charge on any atom is -0.497 e. The second kappa shape index (κ2) is 4.44. The molecule has 2 rings (SSSR count). The van der Waals surface area contributed by atoms with Crippen LogP contribution in [0.15, 0.2) is 18.2 Å². The van der Waals surface area contributed by atoms with Crippen LogP contribution in [0.4, 0.5) is 0 Å². The summed E-state index contributed by atoms with van der Waals surface area (Å²) in [6.45, 7) is 3.19. The second-order valence-corrected chi connectivity index (χ2v) is 4.44. The summed E-state index contributed by atoms with van der Waals surface area (Å²) in [5, 5.41) is 0. The second-order valence-electron chi connectivity index (χ2n) is 4.44. The van der Waals surface area contributed by atoms with Crippen molar-refractivity contribution >= 4 is 0 Å². The van der Waals surface area contributed by atoms with Crippen LogP contribution in [-0.4, -0.2) is 31.6 Å². The zero-order valence-electron chi connectivity index (χ0n) is 10.2. The third-order valence-electron chi connectivity index (χ3n) is 3.62. The number of fused-ring (bicyclic) bond motifs is 1. The first-order valence-corrected chi connectivity index (χ1v) is 5.80. The van der Waals surface area contributed by atoms with E-state index in [4.69, 9.17) is 10.5 Å². The van der Waals surface area contributed by atoms with Gasteiger partial charge >= 0.3 is 0 Å².